The van der Waals surface area contributed by atoms with Crippen LogP contribution in [0.15, 0.2) is 0 Å². The summed E-state index contributed by atoms with van der Waals surface area (Å²) in [6.45, 7) is 0.631. The maximum Gasteiger partial charge on any atom is 0.309 e. The molecule has 1 aliphatic heterocycles. The summed E-state index contributed by atoms with van der Waals surface area (Å²) in [5, 5.41) is 9.58. The average molecular weight is 277 g/mol. The van der Waals surface area contributed by atoms with Crippen LogP contribution >= 0.6 is 0 Å². The topological polar surface area (TPSA) is 66.8 Å². The number of nitrogens with zero attached hydrogens (tertiary/aromatic N) is 1. The van der Waals surface area contributed by atoms with Gasteiger partial charge in [0.15, 0.2) is 0 Å². The highest BCUT2D eigenvalue weighted by Gasteiger charge is 2.51. The number of ether oxygens (including phenoxy) is 1. The quantitative estimate of drug-likeness (QED) is 0.759. The molecule has 1 heterocycles. The summed E-state index contributed by atoms with van der Waals surface area (Å²) in [6.07, 6.45) is -0.478. The van der Waals surface area contributed by atoms with Crippen molar-refractivity contribution in [2.75, 3.05) is 19.7 Å². The Hall–Kier alpha value is -1.24. The van der Waals surface area contributed by atoms with E-state index in [1.165, 1.54) is 0 Å². The monoisotopic (exact) mass is 277 g/mol. The maximum absolute atomic E-state index is 12.8. The summed E-state index contributed by atoms with van der Waals surface area (Å²) in [6, 6.07) is 0. The van der Waals surface area contributed by atoms with Gasteiger partial charge in [-0.15, -0.1) is 0 Å². The number of aliphatic hydroxyl groups excluding tert-OH is 1. The van der Waals surface area contributed by atoms with Crippen LogP contribution in [0.3, 0.4) is 0 Å². The van der Waals surface area contributed by atoms with Crippen LogP contribution in [-0.2, 0) is 14.3 Å². The van der Waals surface area contributed by atoms with Crippen molar-refractivity contribution >= 4 is 11.9 Å². The molecule has 2 aliphatic rings. The number of aliphatic hydroxyl groups is 1. The number of halogens is 2. The molecule has 0 aromatic rings. The molecule has 0 aromatic heterocycles. The number of esters is 1. The van der Waals surface area contributed by atoms with E-state index >= 15 is 0 Å². The zero-order chi connectivity index (χ0) is 14.2. The molecule has 5 nitrogen and oxygen atoms in total. The van der Waals surface area contributed by atoms with E-state index in [0.717, 1.165) is 4.90 Å². The van der Waals surface area contributed by atoms with E-state index in [2.05, 4.69) is 0 Å². The Bertz CT molecular complexity index is 380. The number of likely N-dealkylation sites (tertiary alicyclic amines) is 1. The van der Waals surface area contributed by atoms with Crippen LogP contribution in [0.5, 0.6) is 0 Å². The minimum Gasteiger partial charge on any atom is -0.466 e. The molecule has 1 N–H and O–H groups in total. The molecule has 1 saturated heterocycles. The van der Waals surface area contributed by atoms with Gasteiger partial charge in [-0.05, 0) is 19.8 Å². The molecule has 0 bridgehead atoms. The average Bonchev–Trinajstić information content (AvgIpc) is 2.67. The van der Waals surface area contributed by atoms with Gasteiger partial charge in [-0.1, -0.05) is 0 Å². The van der Waals surface area contributed by atoms with Crippen LogP contribution in [0.4, 0.5) is 8.78 Å². The highest BCUT2D eigenvalue weighted by molar-refractivity contribution is 5.86. The summed E-state index contributed by atoms with van der Waals surface area (Å²) in [7, 11) is 0. The van der Waals surface area contributed by atoms with Crippen LogP contribution in [-0.4, -0.2) is 53.6 Å². The van der Waals surface area contributed by atoms with Crippen LogP contribution in [0.25, 0.3) is 0 Å². The Kier molecular flexibility index (Phi) is 3.75. The maximum atomic E-state index is 12.8. The third-order valence-corrected chi connectivity index (χ3v) is 3.60. The van der Waals surface area contributed by atoms with Gasteiger partial charge in [-0.25, -0.2) is 8.78 Å². The molecule has 2 fully saturated rings. The first kappa shape index (κ1) is 14.2. The fourth-order valence-electron chi connectivity index (χ4n) is 2.70. The first-order valence-corrected chi connectivity index (χ1v) is 6.35. The number of amides is 1. The number of alkyl halides is 2. The summed E-state index contributed by atoms with van der Waals surface area (Å²) in [4.78, 5) is 24.8. The molecule has 19 heavy (non-hydrogen) atoms. The molecule has 1 amide bonds. The fraction of sp³-hybridized carbons (Fsp3) is 0.833. The fourth-order valence-corrected chi connectivity index (χ4v) is 2.70. The lowest BCUT2D eigenvalue weighted by Gasteiger charge is -2.40. The lowest BCUT2D eigenvalue weighted by Crippen LogP contribution is -2.60. The van der Waals surface area contributed by atoms with E-state index in [1.54, 1.807) is 6.92 Å². The second-order valence-corrected chi connectivity index (χ2v) is 5.14. The first-order chi connectivity index (χ1) is 8.84. The summed E-state index contributed by atoms with van der Waals surface area (Å²) < 4.78 is 30.4. The largest absolute Gasteiger partial charge is 0.466 e. The summed E-state index contributed by atoms with van der Waals surface area (Å²) >= 11 is 0. The first-order valence-electron chi connectivity index (χ1n) is 6.35. The van der Waals surface area contributed by atoms with Crippen molar-refractivity contribution in [1.29, 1.82) is 0 Å². The third-order valence-electron chi connectivity index (χ3n) is 3.60. The number of rotatable bonds is 3. The smallest absolute Gasteiger partial charge is 0.309 e. The predicted molar refractivity (Wildman–Crippen MR) is 60.4 cm³/mol. The Labute approximate surface area is 109 Å². The lowest BCUT2D eigenvalue weighted by atomic mass is 9.93. The number of carbonyl (C=O) groups is 2. The Morgan fingerprint density at radius 1 is 1.32 bits per heavy atom. The Balaban J connectivity index is 2.01. The molecule has 3 atom stereocenters. The number of carbonyl (C=O) groups excluding carboxylic acids is 2. The minimum absolute atomic E-state index is 0.129. The Morgan fingerprint density at radius 3 is 2.42 bits per heavy atom. The normalized spacial score (nSPS) is 32.8. The molecule has 3 unspecified atom stereocenters. The van der Waals surface area contributed by atoms with Gasteiger partial charge in [0.2, 0.25) is 5.91 Å². The second kappa shape index (κ2) is 5.03. The van der Waals surface area contributed by atoms with E-state index in [4.69, 9.17) is 4.74 Å². The SMILES string of the molecule is CCOC(=O)C1CC(O)CC1C(=O)N1CC(F)(F)C1. The van der Waals surface area contributed by atoms with Crippen LogP contribution in [0.1, 0.15) is 19.8 Å². The molecule has 0 radical (unpaired) electrons. The lowest BCUT2D eigenvalue weighted by molar-refractivity contribution is -0.173. The molecule has 0 spiro atoms. The van der Waals surface area contributed by atoms with Crippen molar-refractivity contribution in [3.8, 4) is 0 Å². The van der Waals surface area contributed by atoms with Crippen molar-refractivity contribution in [2.45, 2.75) is 31.8 Å². The van der Waals surface area contributed by atoms with E-state index in [0.29, 0.717) is 0 Å². The zero-order valence-electron chi connectivity index (χ0n) is 10.6. The standard InChI is InChI=1S/C12H17F2NO4/c1-2-19-11(18)9-4-7(16)3-8(9)10(17)15-5-12(13,14)6-15/h7-9,16H,2-6H2,1H3. The van der Waals surface area contributed by atoms with E-state index in [9.17, 15) is 23.5 Å². The number of hydrogen-bond donors (Lipinski definition) is 1. The highest BCUT2D eigenvalue weighted by Crippen LogP contribution is 2.37. The van der Waals surface area contributed by atoms with Crippen molar-refractivity contribution < 1.29 is 28.2 Å². The summed E-state index contributed by atoms with van der Waals surface area (Å²) in [5.74, 6) is -5.32. The van der Waals surface area contributed by atoms with E-state index in [1.807, 2.05) is 0 Å². The van der Waals surface area contributed by atoms with Crippen LogP contribution in [0.2, 0.25) is 0 Å². The zero-order valence-corrected chi connectivity index (χ0v) is 10.6. The molecular formula is C12H17F2NO4. The highest BCUT2D eigenvalue weighted by atomic mass is 19.3. The van der Waals surface area contributed by atoms with Gasteiger partial charge >= 0.3 is 5.97 Å². The predicted octanol–water partition coefficient (Wildman–Crippen LogP) is 0.414. The second-order valence-electron chi connectivity index (χ2n) is 5.14. The van der Waals surface area contributed by atoms with Crippen molar-refractivity contribution in [3.63, 3.8) is 0 Å². The molecular weight excluding hydrogens is 260 g/mol. The molecule has 108 valence electrons. The van der Waals surface area contributed by atoms with Gasteiger partial charge in [0.25, 0.3) is 5.92 Å². The van der Waals surface area contributed by atoms with Gasteiger partial charge in [0.1, 0.15) is 0 Å². The van der Waals surface area contributed by atoms with E-state index in [-0.39, 0.29) is 19.4 Å². The number of hydrogen-bond acceptors (Lipinski definition) is 4. The van der Waals surface area contributed by atoms with Gasteiger partial charge in [0, 0.05) is 0 Å². The molecule has 7 heteroatoms. The summed E-state index contributed by atoms with van der Waals surface area (Å²) in [5.41, 5.74) is 0. The van der Waals surface area contributed by atoms with Gasteiger partial charge in [-0.2, -0.15) is 0 Å². The van der Waals surface area contributed by atoms with Crippen molar-refractivity contribution in [2.24, 2.45) is 11.8 Å². The van der Waals surface area contributed by atoms with Gasteiger partial charge in [-0.3, -0.25) is 9.59 Å². The van der Waals surface area contributed by atoms with Crippen molar-refractivity contribution in [3.05, 3.63) is 0 Å². The van der Waals surface area contributed by atoms with Gasteiger partial charge in [0.05, 0.1) is 37.6 Å². The Morgan fingerprint density at radius 2 is 1.89 bits per heavy atom. The third kappa shape index (κ3) is 2.86. The molecule has 1 saturated carbocycles. The van der Waals surface area contributed by atoms with Crippen LogP contribution < -0.4 is 0 Å². The van der Waals surface area contributed by atoms with E-state index < -0.39 is 48.8 Å². The molecule has 0 aromatic carbocycles. The molecule has 1 aliphatic carbocycles. The molecule has 2 rings (SSSR count). The van der Waals surface area contributed by atoms with Crippen LogP contribution in [0, 0.1) is 11.8 Å². The minimum atomic E-state index is -2.83. The van der Waals surface area contributed by atoms with Crippen molar-refractivity contribution in [1.82, 2.24) is 4.90 Å². The van der Waals surface area contributed by atoms with Gasteiger partial charge < -0.3 is 14.7 Å².